The summed E-state index contributed by atoms with van der Waals surface area (Å²) < 4.78 is 7.87. The van der Waals surface area contributed by atoms with Crippen molar-refractivity contribution in [2.24, 2.45) is 0 Å². The van der Waals surface area contributed by atoms with Gasteiger partial charge in [-0.05, 0) is 52.9 Å². The lowest BCUT2D eigenvalue weighted by atomic mass is 9.96. The van der Waals surface area contributed by atoms with Crippen LogP contribution < -0.4 is 4.74 Å². The first-order valence-electron chi connectivity index (χ1n) is 10.0. The van der Waals surface area contributed by atoms with E-state index in [9.17, 15) is 4.79 Å². The van der Waals surface area contributed by atoms with Gasteiger partial charge in [-0.2, -0.15) is 0 Å². The fourth-order valence-corrected chi connectivity index (χ4v) is 3.65. The summed E-state index contributed by atoms with van der Waals surface area (Å²) in [5.41, 5.74) is 1.18. The van der Waals surface area contributed by atoms with Crippen molar-refractivity contribution < 1.29 is 9.53 Å². The maximum absolute atomic E-state index is 12.5. The molecule has 1 aromatic heterocycles. The number of benzene rings is 1. The Morgan fingerprint density at radius 1 is 1.18 bits per heavy atom. The van der Waals surface area contributed by atoms with Crippen LogP contribution in [-0.2, 0) is 17.9 Å². The van der Waals surface area contributed by atoms with E-state index in [1.165, 1.54) is 5.56 Å². The molecule has 2 heterocycles. The van der Waals surface area contributed by atoms with Gasteiger partial charge < -0.3 is 19.1 Å². The number of aromatic nitrogens is 3. The number of amides is 1. The van der Waals surface area contributed by atoms with Gasteiger partial charge in [-0.25, -0.2) is 0 Å². The van der Waals surface area contributed by atoms with Gasteiger partial charge in [0.05, 0.1) is 6.54 Å². The van der Waals surface area contributed by atoms with Crippen LogP contribution in [-0.4, -0.2) is 64.3 Å². The highest BCUT2D eigenvalue weighted by atomic mass is 16.5. The molecule has 0 radical (unpaired) electrons. The van der Waals surface area contributed by atoms with Gasteiger partial charge in [0, 0.05) is 25.6 Å². The van der Waals surface area contributed by atoms with Crippen LogP contribution in [0.3, 0.4) is 0 Å². The van der Waals surface area contributed by atoms with Crippen LogP contribution in [0.15, 0.2) is 24.3 Å². The molecule has 0 aliphatic carbocycles. The van der Waals surface area contributed by atoms with E-state index in [4.69, 9.17) is 4.74 Å². The van der Waals surface area contributed by atoms with E-state index in [1.54, 1.807) is 0 Å². The molecule has 0 unspecified atom stereocenters. The molecule has 1 saturated heterocycles. The first kappa shape index (κ1) is 20.3. The van der Waals surface area contributed by atoms with Gasteiger partial charge in [0.15, 0.2) is 6.61 Å². The van der Waals surface area contributed by atoms with E-state index in [0.29, 0.717) is 5.92 Å². The summed E-state index contributed by atoms with van der Waals surface area (Å²) >= 11 is 0. The standard InChI is InChI=1S/C21H31N5O2/c1-5-26-19(14-24(3)4)22-23-21(26)17-10-12-25(13-11-17)20(27)15-28-18-8-6-16(2)7-9-18/h6-9,17H,5,10-15H2,1-4H3. The molecule has 0 saturated carbocycles. The number of hydrogen-bond donors (Lipinski definition) is 0. The zero-order valence-corrected chi connectivity index (χ0v) is 17.4. The van der Waals surface area contributed by atoms with Gasteiger partial charge in [0.25, 0.3) is 5.91 Å². The third kappa shape index (κ3) is 4.90. The largest absolute Gasteiger partial charge is 0.484 e. The molecule has 28 heavy (non-hydrogen) atoms. The molecule has 7 heteroatoms. The van der Waals surface area contributed by atoms with E-state index in [1.807, 2.05) is 50.2 Å². The molecular formula is C21H31N5O2. The molecule has 1 aliphatic rings. The molecular weight excluding hydrogens is 354 g/mol. The summed E-state index contributed by atoms with van der Waals surface area (Å²) in [6.45, 7) is 7.38. The second-order valence-electron chi connectivity index (χ2n) is 7.71. The van der Waals surface area contributed by atoms with E-state index in [0.717, 1.165) is 56.4 Å². The van der Waals surface area contributed by atoms with E-state index in [2.05, 4.69) is 26.6 Å². The smallest absolute Gasteiger partial charge is 0.260 e. The topological polar surface area (TPSA) is 63.5 Å². The molecule has 1 aliphatic heterocycles. The lowest BCUT2D eigenvalue weighted by Gasteiger charge is -2.31. The van der Waals surface area contributed by atoms with Gasteiger partial charge >= 0.3 is 0 Å². The Balaban J connectivity index is 1.53. The second-order valence-corrected chi connectivity index (χ2v) is 7.71. The van der Waals surface area contributed by atoms with Crippen LogP contribution in [0.5, 0.6) is 5.75 Å². The van der Waals surface area contributed by atoms with E-state index >= 15 is 0 Å². The second kappa shape index (κ2) is 9.19. The number of carbonyl (C=O) groups excluding carboxylic acids is 1. The predicted molar refractivity (Wildman–Crippen MR) is 108 cm³/mol. The van der Waals surface area contributed by atoms with Crippen molar-refractivity contribution >= 4 is 5.91 Å². The first-order valence-corrected chi connectivity index (χ1v) is 10.0. The zero-order chi connectivity index (χ0) is 20.1. The Bertz CT molecular complexity index is 777. The van der Waals surface area contributed by atoms with Crippen molar-refractivity contribution in [2.45, 2.75) is 45.7 Å². The monoisotopic (exact) mass is 385 g/mol. The maximum Gasteiger partial charge on any atom is 0.260 e. The third-order valence-electron chi connectivity index (χ3n) is 5.23. The lowest BCUT2D eigenvalue weighted by Crippen LogP contribution is -2.40. The summed E-state index contributed by atoms with van der Waals surface area (Å²) in [5, 5.41) is 8.87. The fraction of sp³-hybridized carbons (Fsp3) is 0.571. The minimum absolute atomic E-state index is 0.0456. The number of carbonyl (C=O) groups is 1. The molecule has 3 rings (SSSR count). The summed E-state index contributed by atoms with van der Waals surface area (Å²) in [7, 11) is 4.08. The molecule has 152 valence electrons. The van der Waals surface area contributed by atoms with Gasteiger partial charge in [-0.3, -0.25) is 4.79 Å². The average Bonchev–Trinajstić information content (AvgIpc) is 3.09. The van der Waals surface area contributed by atoms with Crippen LogP contribution >= 0.6 is 0 Å². The Morgan fingerprint density at radius 3 is 2.46 bits per heavy atom. The average molecular weight is 386 g/mol. The highest BCUT2D eigenvalue weighted by Crippen LogP contribution is 2.27. The number of hydrogen-bond acceptors (Lipinski definition) is 5. The van der Waals surface area contributed by atoms with Crippen molar-refractivity contribution in [3.8, 4) is 5.75 Å². The minimum Gasteiger partial charge on any atom is -0.484 e. The van der Waals surface area contributed by atoms with Gasteiger partial charge in [0.1, 0.15) is 17.4 Å². The van der Waals surface area contributed by atoms with Crippen molar-refractivity contribution in [3.63, 3.8) is 0 Å². The highest BCUT2D eigenvalue weighted by Gasteiger charge is 2.28. The molecule has 1 fully saturated rings. The van der Waals surface area contributed by atoms with Crippen molar-refractivity contribution in [3.05, 3.63) is 41.5 Å². The molecule has 7 nitrogen and oxygen atoms in total. The number of piperidine rings is 1. The highest BCUT2D eigenvalue weighted by molar-refractivity contribution is 5.77. The molecule has 1 aromatic carbocycles. The van der Waals surface area contributed by atoms with Gasteiger partial charge in [-0.1, -0.05) is 17.7 Å². The van der Waals surface area contributed by atoms with Crippen LogP contribution in [0.25, 0.3) is 0 Å². The SMILES string of the molecule is CCn1c(CN(C)C)nnc1C1CCN(C(=O)COc2ccc(C)cc2)CC1. The summed E-state index contributed by atoms with van der Waals surface area (Å²) in [4.78, 5) is 16.5. The molecule has 0 bridgehead atoms. The minimum atomic E-state index is 0.0456. The van der Waals surface area contributed by atoms with E-state index < -0.39 is 0 Å². The quantitative estimate of drug-likeness (QED) is 0.733. The maximum atomic E-state index is 12.5. The molecule has 0 N–H and O–H groups in total. The number of ether oxygens (including phenoxy) is 1. The number of nitrogens with zero attached hydrogens (tertiary/aromatic N) is 5. The molecule has 0 spiro atoms. The van der Waals surface area contributed by atoms with Crippen LogP contribution in [0.1, 0.15) is 42.9 Å². The summed E-state index contributed by atoms with van der Waals surface area (Å²) in [6, 6.07) is 7.77. The molecule has 1 amide bonds. The van der Waals surface area contributed by atoms with E-state index in [-0.39, 0.29) is 12.5 Å². The Morgan fingerprint density at radius 2 is 1.86 bits per heavy atom. The molecule has 2 aromatic rings. The number of likely N-dealkylation sites (tertiary alicyclic amines) is 1. The number of rotatable bonds is 7. The summed E-state index contributed by atoms with van der Waals surface area (Å²) in [5.74, 6) is 3.20. The third-order valence-corrected chi connectivity index (χ3v) is 5.23. The predicted octanol–water partition coefficient (Wildman–Crippen LogP) is 2.45. The van der Waals surface area contributed by atoms with Crippen molar-refractivity contribution in [1.29, 1.82) is 0 Å². The van der Waals surface area contributed by atoms with Crippen LogP contribution in [0.4, 0.5) is 0 Å². The first-order chi connectivity index (χ1) is 13.5. The summed E-state index contributed by atoms with van der Waals surface area (Å²) in [6.07, 6.45) is 1.83. The van der Waals surface area contributed by atoms with Gasteiger partial charge in [-0.15, -0.1) is 10.2 Å². The normalized spacial score (nSPS) is 15.2. The Labute approximate surface area is 167 Å². The molecule has 0 atom stereocenters. The number of aryl methyl sites for hydroxylation is 1. The van der Waals surface area contributed by atoms with Crippen molar-refractivity contribution in [1.82, 2.24) is 24.6 Å². The Kier molecular flexibility index (Phi) is 6.67. The van der Waals surface area contributed by atoms with Crippen LogP contribution in [0.2, 0.25) is 0 Å². The Hall–Kier alpha value is -2.41. The fourth-order valence-electron chi connectivity index (χ4n) is 3.65. The van der Waals surface area contributed by atoms with Crippen LogP contribution in [0, 0.1) is 6.92 Å². The zero-order valence-electron chi connectivity index (χ0n) is 17.4. The van der Waals surface area contributed by atoms with Crippen molar-refractivity contribution in [2.75, 3.05) is 33.8 Å². The lowest BCUT2D eigenvalue weighted by molar-refractivity contribution is -0.134. The van der Waals surface area contributed by atoms with Gasteiger partial charge in [0.2, 0.25) is 0 Å².